The molecule has 0 radical (unpaired) electrons. The van der Waals surface area contributed by atoms with Gasteiger partial charge in [-0.05, 0) is 48.9 Å². The summed E-state index contributed by atoms with van der Waals surface area (Å²) in [6.45, 7) is 1.82. The number of aliphatic hydroxyl groups excluding tert-OH is 1. The Morgan fingerprint density at radius 1 is 1.47 bits per heavy atom. The number of aryl methyl sites for hydroxylation is 1. The first-order chi connectivity index (χ1) is 7.09. The second kappa shape index (κ2) is 3.91. The topological polar surface area (TPSA) is 46.2 Å². The van der Waals surface area contributed by atoms with Crippen molar-refractivity contribution in [1.29, 1.82) is 0 Å². The lowest BCUT2D eigenvalue weighted by Gasteiger charge is -2.20. The SMILES string of the molecule is Cc1cc(F)ccc1[C@H](N)[C@H](O)C1CC1. The normalized spacial score (nSPS) is 20.0. The fourth-order valence-corrected chi connectivity index (χ4v) is 1.93. The molecule has 1 fully saturated rings. The van der Waals surface area contributed by atoms with Gasteiger partial charge in [0.1, 0.15) is 5.82 Å². The number of benzene rings is 1. The number of hydrogen-bond donors (Lipinski definition) is 2. The highest BCUT2D eigenvalue weighted by atomic mass is 19.1. The molecule has 1 aromatic carbocycles. The molecule has 82 valence electrons. The van der Waals surface area contributed by atoms with Crippen molar-refractivity contribution in [1.82, 2.24) is 0 Å². The number of rotatable bonds is 3. The van der Waals surface area contributed by atoms with Crippen LogP contribution in [0, 0.1) is 18.7 Å². The molecule has 0 spiro atoms. The summed E-state index contributed by atoms with van der Waals surface area (Å²) in [5.74, 6) is 0.0776. The molecule has 2 atom stereocenters. The van der Waals surface area contributed by atoms with Crippen LogP contribution in [0.2, 0.25) is 0 Å². The van der Waals surface area contributed by atoms with E-state index in [1.54, 1.807) is 6.07 Å². The first-order valence-electron chi connectivity index (χ1n) is 5.29. The summed E-state index contributed by atoms with van der Waals surface area (Å²) < 4.78 is 12.9. The van der Waals surface area contributed by atoms with E-state index in [-0.39, 0.29) is 5.82 Å². The van der Waals surface area contributed by atoms with E-state index in [4.69, 9.17) is 5.73 Å². The highest BCUT2D eigenvalue weighted by Crippen LogP contribution is 2.37. The molecule has 0 aliphatic heterocycles. The van der Waals surface area contributed by atoms with Crippen molar-refractivity contribution >= 4 is 0 Å². The fraction of sp³-hybridized carbons (Fsp3) is 0.500. The summed E-state index contributed by atoms with van der Waals surface area (Å²) in [5, 5.41) is 9.89. The number of hydrogen-bond acceptors (Lipinski definition) is 2. The zero-order valence-electron chi connectivity index (χ0n) is 8.78. The molecule has 1 aliphatic carbocycles. The summed E-state index contributed by atoms with van der Waals surface area (Å²) in [5.41, 5.74) is 7.61. The van der Waals surface area contributed by atoms with E-state index in [0.717, 1.165) is 24.0 Å². The van der Waals surface area contributed by atoms with E-state index >= 15 is 0 Å². The largest absolute Gasteiger partial charge is 0.391 e. The van der Waals surface area contributed by atoms with Gasteiger partial charge < -0.3 is 10.8 Å². The Bertz CT molecular complexity index is 363. The van der Waals surface area contributed by atoms with Crippen LogP contribution < -0.4 is 5.73 Å². The monoisotopic (exact) mass is 209 g/mol. The van der Waals surface area contributed by atoms with Gasteiger partial charge in [-0.1, -0.05) is 6.07 Å². The molecule has 0 heterocycles. The van der Waals surface area contributed by atoms with Gasteiger partial charge in [0.25, 0.3) is 0 Å². The van der Waals surface area contributed by atoms with Crippen LogP contribution in [-0.2, 0) is 0 Å². The average molecular weight is 209 g/mol. The molecule has 0 bridgehead atoms. The van der Waals surface area contributed by atoms with Crippen molar-refractivity contribution in [3.8, 4) is 0 Å². The van der Waals surface area contributed by atoms with Gasteiger partial charge in [-0.25, -0.2) is 4.39 Å². The standard InChI is InChI=1S/C12H16FNO/c1-7-6-9(13)4-5-10(7)11(14)12(15)8-2-3-8/h4-6,8,11-12,15H,2-3,14H2,1H3/t11-,12+/m0/s1. The van der Waals surface area contributed by atoms with Crippen LogP contribution in [0.3, 0.4) is 0 Å². The van der Waals surface area contributed by atoms with Crippen molar-refractivity contribution in [3.05, 3.63) is 35.1 Å². The van der Waals surface area contributed by atoms with Crippen molar-refractivity contribution in [2.75, 3.05) is 0 Å². The van der Waals surface area contributed by atoms with Gasteiger partial charge in [-0.15, -0.1) is 0 Å². The van der Waals surface area contributed by atoms with Crippen molar-refractivity contribution in [2.45, 2.75) is 31.9 Å². The molecule has 3 N–H and O–H groups in total. The van der Waals surface area contributed by atoms with E-state index < -0.39 is 12.1 Å². The lowest BCUT2D eigenvalue weighted by molar-refractivity contribution is 0.122. The van der Waals surface area contributed by atoms with Crippen molar-refractivity contribution in [2.24, 2.45) is 11.7 Å². The fourth-order valence-electron chi connectivity index (χ4n) is 1.93. The summed E-state index contributed by atoms with van der Waals surface area (Å²) in [6, 6.07) is 4.12. The van der Waals surface area contributed by atoms with Crippen LogP contribution >= 0.6 is 0 Å². The molecule has 3 heteroatoms. The maximum absolute atomic E-state index is 12.9. The average Bonchev–Trinajstić information content (AvgIpc) is 2.99. The second-order valence-electron chi connectivity index (χ2n) is 4.35. The Kier molecular flexibility index (Phi) is 2.76. The minimum atomic E-state index is -0.492. The first-order valence-corrected chi connectivity index (χ1v) is 5.29. The number of aliphatic hydroxyl groups is 1. The summed E-state index contributed by atoms with van der Waals surface area (Å²) in [7, 11) is 0. The third-order valence-corrected chi connectivity index (χ3v) is 3.06. The molecule has 1 aromatic rings. The van der Waals surface area contributed by atoms with Crippen LogP contribution in [0.1, 0.15) is 30.0 Å². The van der Waals surface area contributed by atoms with E-state index in [0.29, 0.717) is 5.92 Å². The van der Waals surface area contributed by atoms with Crippen LogP contribution in [0.25, 0.3) is 0 Å². The predicted molar refractivity (Wildman–Crippen MR) is 56.8 cm³/mol. The highest BCUT2D eigenvalue weighted by Gasteiger charge is 2.34. The molecule has 2 nitrogen and oxygen atoms in total. The molecule has 0 saturated heterocycles. The maximum Gasteiger partial charge on any atom is 0.123 e. The third-order valence-electron chi connectivity index (χ3n) is 3.06. The van der Waals surface area contributed by atoms with Crippen LogP contribution in [0.15, 0.2) is 18.2 Å². The van der Waals surface area contributed by atoms with Crippen molar-refractivity contribution in [3.63, 3.8) is 0 Å². The second-order valence-corrected chi connectivity index (χ2v) is 4.35. The minimum absolute atomic E-state index is 0.260. The minimum Gasteiger partial charge on any atom is -0.391 e. The highest BCUT2D eigenvalue weighted by molar-refractivity contribution is 5.30. The zero-order valence-corrected chi connectivity index (χ0v) is 8.78. The molecule has 1 saturated carbocycles. The van der Waals surface area contributed by atoms with E-state index in [9.17, 15) is 9.50 Å². The lowest BCUT2D eigenvalue weighted by atomic mass is 9.95. The Morgan fingerprint density at radius 2 is 2.13 bits per heavy atom. The Hall–Kier alpha value is -0.930. The number of halogens is 1. The van der Waals surface area contributed by atoms with Gasteiger partial charge >= 0.3 is 0 Å². The predicted octanol–water partition coefficient (Wildman–Crippen LogP) is 1.90. The van der Waals surface area contributed by atoms with Gasteiger partial charge in [-0.2, -0.15) is 0 Å². The van der Waals surface area contributed by atoms with E-state index in [1.807, 2.05) is 6.92 Å². The molecule has 0 amide bonds. The first kappa shape index (κ1) is 10.6. The van der Waals surface area contributed by atoms with Gasteiger partial charge in [0.05, 0.1) is 12.1 Å². The van der Waals surface area contributed by atoms with Gasteiger partial charge in [-0.3, -0.25) is 0 Å². The van der Waals surface area contributed by atoms with Crippen LogP contribution in [0.4, 0.5) is 4.39 Å². The Morgan fingerprint density at radius 3 is 2.67 bits per heavy atom. The molecule has 0 unspecified atom stereocenters. The summed E-state index contributed by atoms with van der Waals surface area (Å²) >= 11 is 0. The van der Waals surface area contributed by atoms with Gasteiger partial charge in [0, 0.05) is 0 Å². The van der Waals surface area contributed by atoms with Crippen molar-refractivity contribution < 1.29 is 9.50 Å². The Balaban J connectivity index is 2.20. The molecule has 1 aliphatic rings. The van der Waals surface area contributed by atoms with E-state index in [2.05, 4.69) is 0 Å². The van der Waals surface area contributed by atoms with Gasteiger partial charge in [0.2, 0.25) is 0 Å². The molecule has 15 heavy (non-hydrogen) atoms. The quantitative estimate of drug-likeness (QED) is 0.798. The molecule has 2 rings (SSSR count). The zero-order chi connectivity index (χ0) is 11.0. The maximum atomic E-state index is 12.9. The Labute approximate surface area is 88.9 Å². The summed E-state index contributed by atoms with van der Waals surface area (Å²) in [6.07, 6.45) is 1.61. The smallest absolute Gasteiger partial charge is 0.123 e. The molecule has 0 aromatic heterocycles. The molecular weight excluding hydrogens is 193 g/mol. The van der Waals surface area contributed by atoms with Crippen LogP contribution in [0.5, 0.6) is 0 Å². The third kappa shape index (κ3) is 2.19. The number of nitrogens with two attached hydrogens (primary N) is 1. The van der Waals surface area contributed by atoms with Gasteiger partial charge in [0.15, 0.2) is 0 Å². The van der Waals surface area contributed by atoms with Crippen LogP contribution in [-0.4, -0.2) is 11.2 Å². The lowest BCUT2D eigenvalue weighted by Crippen LogP contribution is -2.28. The molecular formula is C12H16FNO. The van der Waals surface area contributed by atoms with E-state index in [1.165, 1.54) is 12.1 Å². The summed E-state index contributed by atoms with van der Waals surface area (Å²) in [4.78, 5) is 0.